The second kappa shape index (κ2) is 29.6. The van der Waals surface area contributed by atoms with E-state index < -0.39 is 31.7 Å². The Morgan fingerprint density at radius 2 is 0.308 bits per heavy atom. The van der Waals surface area contributed by atoms with Crippen LogP contribution in [0.4, 0.5) is 0 Å². The first-order chi connectivity index (χ1) is 21.6. The van der Waals surface area contributed by atoms with E-state index in [0.29, 0.717) is 41.2 Å². The fourth-order valence-electron chi connectivity index (χ4n) is 6.97. The van der Waals surface area contributed by atoms with Crippen molar-refractivity contribution in [1.29, 1.82) is 0 Å². The summed E-state index contributed by atoms with van der Waals surface area (Å²) in [6.45, 7) is 59.3. The average Bonchev–Trinajstić information content (AvgIpc) is 2.74. The van der Waals surface area contributed by atoms with E-state index in [9.17, 15) is 0 Å². The van der Waals surface area contributed by atoms with E-state index in [-0.39, 0.29) is 42.1 Å². The molecule has 18 heteroatoms. The maximum absolute atomic E-state index is 6.75. The maximum atomic E-state index is 6.75. The molecule has 52 heavy (non-hydrogen) atoms. The van der Waals surface area contributed by atoms with Crippen molar-refractivity contribution in [2.75, 3.05) is 11.8 Å². The molecule has 0 spiro atoms. The van der Waals surface area contributed by atoms with Gasteiger partial charge in [-0.1, -0.05) is 0 Å². The fraction of sp³-hybridized carbons (Fsp3) is 1.00. The molecule has 0 saturated carbocycles. The van der Waals surface area contributed by atoms with E-state index in [1.165, 1.54) is 31.5 Å². The second-order valence-electron chi connectivity index (χ2n) is 20.6. The third-order valence-electron chi connectivity index (χ3n) is 7.95. The smallest absolute Gasteiger partial charge is 0.373 e. The molecular weight excluding hydrogens is 1090 g/mol. The molecule has 312 valence electrons. The van der Waals surface area contributed by atoms with Crippen molar-refractivity contribution in [3.8, 4) is 0 Å². The molecule has 0 atom stereocenters. The van der Waals surface area contributed by atoms with Crippen molar-refractivity contribution >= 4 is 31.7 Å². The summed E-state index contributed by atoms with van der Waals surface area (Å²) in [5.74, 6) is 3.05. The SMILES string of the molecule is CC(C)(C)[PH+](C[PH+](C(C)(C)C)C(C)(C)C)C(C)(C)C.CC(C)(C)[PH+](C[PH+](C(C)(C)C)C(C)(C)C)C(C)(C)C.[N-]=[N+]=[N-].[N-]=[N+]=[N-].[N-]=[N+]=[N-].[N-]=[N+]=[N-].[Pt+2].[Pt+2]. The van der Waals surface area contributed by atoms with Crippen LogP contribution in [0.5, 0.6) is 0 Å². The Labute approximate surface area is 354 Å². The predicted octanol–water partition coefficient (Wildman–Crippen LogP) is 16.6. The molecule has 12 nitrogen and oxygen atoms in total. The molecule has 0 aliphatic carbocycles. The fourth-order valence-corrected chi connectivity index (χ4v) is 35.8. The zero-order valence-electron chi connectivity index (χ0n) is 37.4. The molecule has 0 aliphatic rings. The van der Waals surface area contributed by atoms with Gasteiger partial charge in [0.05, 0.1) is 41.2 Å². The van der Waals surface area contributed by atoms with Crippen molar-refractivity contribution in [3.63, 3.8) is 0 Å². The monoisotopic (exact) mass is 1170 g/mol. The van der Waals surface area contributed by atoms with E-state index >= 15 is 0 Å². The molecule has 0 saturated heterocycles. The second-order valence-corrected chi connectivity index (χ2v) is 39.3. The van der Waals surface area contributed by atoms with Gasteiger partial charge in [0.15, 0.2) is 11.8 Å². The largest absolute Gasteiger partial charge is 2.00 e. The molecule has 0 amide bonds. The van der Waals surface area contributed by atoms with Crippen LogP contribution < -0.4 is 0 Å². The van der Waals surface area contributed by atoms with E-state index in [4.69, 9.17) is 44.2 Å². The minimum absolute atomic E-state index is 0. The summed E-state index contributed by atoms with van der Waals surface area (Å²) in [4.78, 5) is 6.00. The van der Waals surface area contributed by atoms with Gasteiger partial charge in [-0.15, -0.1) is 0 Å². The standard InChI is InChI=1S/2C17H38P2.4N3.2Pt/c2*1-14(2,3)18(15(4,5)6)13-19(16(7,8)9)17(10,11)12;4*1-3-2;;/h2*13H2,1-12H3;;;;;;/q;;4*-1;2*+2/p+4. The van der Waals surface area contributed by atoms with Crippen LogP contribution in [0, 0.1) is 0 Å². The number of hydrogen-bond donors (Lipinski definition) is 0. The topological polar surface area (TPSA) is 235 Å². The van der Waals surface area contributed by atoms with E-state index in [0.717, 1.165) is 0 Å². The Morgan fingerprint density at radius 1 is 0.250 bits per heavy atom. The molecule has 0 aromatic rings. The first-order valence-corrected chi connectivity index (χ1v) is 23.8. The minimum atomic E-state index is -0.394. The van der Waals surface area contributed by atoms with Crippen LogP contribution in [-0.4, -0.2) is 53.1 Å². The number of hydrogen-bond acceptors (Lipinski definition) is 0. The minimum Gasteiger partial charge on any atom is -0.373 e. The summed E-state index contributed by atoms with van der Waals surface area (Å²) in [6, 6.07) is 0. The van der Waals surface area contributed by atoms with Gasteiger partial charge in [0, 0.05) is 31.7 Å². The van der Waals surface area contributed by atoms with Crippen molar-refractivity contribution in [1.82, 2.24) is 0 Å². The van der Waals surface area contributed by atoms with Gasteiger partial charge in [-0.05, 0) is 166 Å². The van der Waals surface area contributed by atoms with Crippen molar-refractivity contribution in [3.05, 3.63) is 63.9 Å². The van der Waals surface area contributed by atoms with Gasteiger partial charge in [-0.3, -0.25) is 19.6 Å². The molecule has 0 bridgehead atoms. The number of rotatable bonds is 4. The molecule has 0 N–H and O–H groups in total. The van der Waals surface area contributed by atoms with E-state index in [2.05, 4.69) is 166 Å². The first kappa shape index (κ1) is 70.2. The zero-order valence-corrected chi connectivity index (χ0v) is 46.0. The van der Waals surface area contributed by atoms with Crippen LogP contribution in [0.15, 0.2) is 0 Å². The molecule has 0 rings (SSSR count). The molecule has 0 aromatic carbocycles. The van der Waals surface area contributed by atoms with Gasteiger partial charge in [-0.2, -0.15) is 0 Å². The molecule has 0 unspecified atom stereocenters. The van der Waals surface area contributed by atoms with Crippen molar-refractivity contribution < 1.29 is 42.1 Å². The zero-order chi connectivity index (χ0) is 42.6. The third-order valence-corrected chi connectivity index (χ3v) is 28.1. The maximum Gasteiger partial charge on any atom is 2.00 e. The molecular formula is C34H80N12P4Pt2+4. The predicted molar refractivity (Wildman–Crippen MR) is 241 cm³/mol. The van der Waals surface area contributed by atoms with Crippen LogP contribution in [0.1, 0.15) is 166 Å². The van der Waals surface area contributed by atoms with Crippen molar-refractivity contribution in [2.45, 2.75) is 207 Å². The van der Waals surface area contributed by atoms with Crippen LogP contribution in [0.25, 0.3) is 63.9 Å². The summed E-state index contributed by atoms with van der Waals surface area (Å²) in [7, 11) is -1.58. The van der Waals surface area contributed by atoms with Crippen molar-refractivity contribution in [2.24, 2.45) is 0 Å². The van der Waals surface area contributed by atoms with Crippen LogP contribution in [0.2, 0.25) is 0 Å². The van der Waals surface area contributed by atoms with E-state index in [1.54, 1.807) is 0 Å². The summed E-state index contributed by atoms with van der Waals surface area (Å²) in [5.41, 5.74) is 54.0. The van der Waals surface area contributed by atoms with Crippen LogP contribution >= 0.6 is 31.7 Å². The molecule has 0 heterocycles. The molecule has 0 fully saturated rings. The third kappa shape index (κ3) is 38.6. The number of nitrogens with zero attached hydrogens (tertiary/aromatic N) is 12. The Kier molecular flexibility index (Phi) is 39.9. The van der Waals surface area contributed by atoms with Gasteiger partial charge in [0.1, 0.15) is 0 Å². The molecule has 0 radical (unpaired) electrons. The first-order valence-electron chi connectivity index (χ1n) is 17.0. The summed E-state index contributed by atoms with van der Waals surface area (Å²) in [5, 5.41) is 3.96. The van der Waals surface area contributed by atoms with Gasteiger partial charge >= 0.3 is 42.1 Å². The molecule has 0 aromatic heterocycles. The summed E-state index contributed by atoms with van der Waals surface area (Å²) in [6.07, 6.45) is 0. The van der Waals surface area contributed by atoms with Gasteiger partial charge < -0.3 is 44.2 Å². The van der Waals surface area contributed by atoms with Crippen LogP contribution in [0.3, 0.4) is 0 Å². The Balaban J connectivity index is -0.0000000920. The van der Waals surface area contributed by atoms with Gasteiger partial charge in [-0.25, -0.2) is 0 Å². The normalized spacial score (nSPS) is 11.9. The summed E-state index contributed by atoms with van der Waals surface area (Å²) < 4.78 is 0. The van der Waals surface area contributed by atoms with E-state index in [1.807, 2.05) is 0 Å². The quantitative estimate of drug-likeness (QED) is 0.111. The summed E-state index contributed by atoms with van der Waals surface area (Å²) >= 11 is 0. The average molecular weight is 1170 g/mol. The Morgan fingerprint density at radius 3 is 0.346 bits per heavy atom. The molecule has 0 aliphatic heterocycles. The Hall–Kier alpha value is 0.337. The van der Waals surface area contributed by atoms with Crippen LogP contribution in [-0.2, 0) is 42.1 Å². The van der Waals surface area contributed by atoms with Gasteiger partial charge in [0.25, 0.3) is 0 Å². The van der Waals surface area contributed by atoms with Gasteiger partial charge in [0.2, 0.25) is 0 Å². The Bertz CT molecular complexity index is 834.